The fourth-order valence-electron chi connectivity index (χ4n) is 2.78. The van der Waals surface area contributed by atoms with Gasteiger partial charge in [-0.3, -0.25) is 29.8 Å². The second kappa shape index (κ2) is 9.92. The summed E-state index contributed by atoms with van der Waals surface area (Å²) in [6.45, 7) is 0. The van der Waals surface area contributed by atoms with E-state index in [1.54, 1.807) is 0 Å². The molecule has 2 amide bonds. The zero-order valence-electron chi connectivity index (χ0n) is 16.7. The van der Waals surface area contributed by atoms with Gasteiger partial charge in [0.1, 0.15) is 11.5 Å². The van der Waals surface area contributed by atoms with E-state index in [0.29, 0.717) is 0 Å². The Balaban J connectivity index is 1.96. The SMILES string of the molecule is O=C(Nc1cccc([N+](=O)[O-])c1)C(=Cc1cccc([N+](=O)[O-])c1)NC(=O)c1ccccc1F. The third kappa shape index (κ3) is 5.82. The Kier molecular flexibility index (Phi) is 6.84. The van der Waals surface area contributed by atoms with Crippen LogP contribution in [0, 0.1) is 26.0 Å². The molecule has 0 saturated heterocycles. The van der Waals surface area contributed by atoms with Crippen molar-refractivity contribution in [2.45, 2.75) is 0 Å². The van der Waals surface area contributed by atoms with Crippen LogP contribution in [-0.4, -0.2) is 21.7 Å². The number of nitro groups is 2. The number of carbonyl (C=O) groups is 2. The summed E-state index contributed by atoms with van der Waals surface area (Å²) in [6, 6.07) is 15.5. The summed E-state index contributed by atoms with van der Waals surface area (Å²) in [5.41, 5.74) is -0.933. The molecule has 0 heterocycles. The van der Waals surface area contributed by atoms with Crippen molar-refractivity contribution < 1.29 is 23.8 Å². The molecule has 10 nitrogen and oxygen atoms in total. The lowest BCUT2D eigenvalue weighted by molar-refractivity contribution is -0.385. The van der Waals surface area contributed by atoms with Gasteiger partial charge in [-0.05, 0) is 29.8 Å². The highest BCUT2D eigenvalue weighted by Gasteiger charge is 2.18. The van der Waals surface area contributed by atoms with Crippen molar-refractivity contribution in [3.8, 4) is 0 Å². The number of hydrogen-bond acceptors (Lipinski definition) is 6. The van der Waals surface area contributed by atoms with E-state index in [1.165, 1.54) is 66.7 Å². The van der Waals surface area contributed by atoms with Gasteiger partial charge in [-0.1, -0.05) is 30.3 Å². The average Bonchev–Trinajstić information content (AvgIpc) is 2.79. The Morgan fingerprint density at radius 1 is 0.848 bits per heavy atom. The Morgan fingerprint density at radius 3 is 2.15 bits per heavy atom. The minimum Gasteiger partial charge on any atom is -0.320 e. The Bertz CT molecular complexity index is 1290. The predicted octanol–water partition coefficient (Wildman–Crippen LogP) is 4.05. The molecular weight excluding hydrogens is 435 g/mol. The van der Waals surface area contributed by atoms with Crippen molar-refractivity contribution in [1.29, 1.82) is 0 Å². The first-order valence-electron chi connectivity index (χ1n) is 9.32. The van der Waals surface area contributed by atoms with E-state index in [-0.39, 0.29) is 33.9 Å². The molecule has 0 bridgehead atoms. The van der Waals surface area contributed by atoms with Gasteiger partial charge >= 0.3 is 0 Å². The van der Waals surface area contributed by atoms with E-state index in [0.717, 1.165) is 12.1 Å². The third-order valence-electron chi connectivity index (χ3n) is 4.32. The molecule has 0 fully saturated rings. The van der Waals surface area contributed by atoms with Gasteiger partial charge in [0, 0.05) is 30.0 Å². The molecule has 0 aliphatic carbocycles. The Morgan fingerprint density at radius 2 is 1.48 bits per heavy atom. The van der Waals surface area contributed by atoms with Crippen LogP contribution >= 0.6 is 0 Å². The van der Waals surface area contributed by atoms with Crippen LogP contribution in [0.3, 0.4) is 0 Å². The maximum absolute atomic E-state index is 14.0. The van der Waals surface area contributed by atoms with Crippen LogP contribution in [0.5, 0.6) is 0 Å². The van der Waals surface area contributed by atoms with Crippen molar-refractivity contribution in [2.24, 2.45) is 0 Å². The summed E-state index contributed by atoms with van der Waals surface area (Å²) in [7, 11) is 0. The van der Waals surface area contributed by atoms with Gasteiger partial charge in [-0.25, -0.2) is 4.39 Å². The smallest absolute Gasteiger partial charge is 0.272 e. The van der Waals surface area contributed by atoms with Gasteiger partial charge in [0.05, 0.1) is 15.4 Å². The van der Waals surface area contributed by atoms with Gasteiger partial charge < -0.3 is 10.6 Å². The number of nitro benzene ring substituents is 2. The second-order valence-corrected chi connectivity index (χ2v) is 6.61. The van der Waals surface area contributed by atoms with Crippen LogP contribution < -0.4 is 10.6 Å². The highest BCUT2D eigenvalue weighted by atomic mass is 19.1. The maximum atomic E-state index is 14.0. The van der Waals surface area contributed by atoms with Crippen LogP contribution in [0.2, 0.25) is 0 Å². The van der Waals surface area contributed by atoms with E-state index < -0.39 is 27.5 Å². The normalized spacial score (nSPS) is 10.9. The van der Waals surface area contributed by atoms with Gasteiger partial charge in [0.2, 0.25) is 0 Å². The summed E-state index contributed by atoms with van der Waals surface area (Å²) in [4.78, 5) is 46.2. The Hall–Kier alpha value is -4.93. The molecule has 3 rings (SSSR count). The summed E-state index contributed by atoms with van der Waals surface area (Å²) in [5, 5.41) is 26.7. The topological polar surface area (TPSA) is 144 Å². The van der Waals surface area contributed by atoms with Crippen LogP contribution in [0.1, 0.15) is 15.9 Å². The highest BCUT2D eigenvalue weighted by Crippen LogP contribution is 2.19. The first kappa shape index (κ1) is 22.7. The molecule has 3 aromatic carbocycles. The zero-order valence-corrected chi connectivity index (χ0v) is 16.7. The van der Waals surface area contributed by atoms with E-state index in [2.05, 4.69) is 10.6 Å². The van der Waals surface area contributed by atoms with E-state index >= 15 is 0 Å². The molecule has 11 heteroatoms. The van der Waals surface area contributed by atoms with Gasteiger partial charge in [-0.15, -0.1) is 0 Å². The van der Waals surface area contributed by atoms with Crippen LogP contribution in [0.4, 0.5) is 21.5 Å². The van der Waals surface area contributed by atoms with Crippen molar-refractivity contribution in [3.63, 3.8) is 0 Å². The number of benzene rings is 3. The number of halogens is 1. The van der Waals surface area contributed by atoms with Crippen LogP contribution in [0.25, 0.3) is 6.08 Å². The molecule has 33 heavy (non-hydrogen) atoms. The molecule has 0 unspecified atom stereocenters. The lowest BCUT2D eigenvalue weighted by atomic mass is 10.1. The fourth-order valence-corrected chi connectivity index (χ4v) is 2.78. The number of hydrogen-bond donors (Lipinski definition) is 2. The lowest BCUT2D eigenvalue weighted by Gasteiger charge is -2.12. The number of rotatable bonds is 7. The molecular formula is C22H15FN4O6. The lowest BCUT2D eigenvalue weighted by Crippen LogP contribution is -2.31. The van der Waals surface area contributed by atoms with E-state index in [4.69, 9.17) is 0 Å². The standard InChI is InChI=1S/C22H15FN4O6/c23-19-10-2-1-9-18(19)21(28)25-20(12-14-5-3-7-16(11-14)26(30)31)22(29)24-15-6-4-8-17(13-15)27(32)33/h1-13H,(H,24,29)(H,25,28). The van der Waals surface area contributed by atoms with E-state index in [1.807, 2.05) is 0 Å². The number of nitrogens with one attached hydrogen (secondary N) is 2. The minimum absolute atomic E-state index is 0.0688. The average molecular weight is 450 g/mol. The van der Waals surface area contributed by atoms with Crippen molar-refractivity contribution in [2.75, 3.05) is 5.32 Å². The first-order chi connectivity index (χ1) is 15.7. The number of amides is 2. The quantitative estimate of drug-likeness (QED) is 0.316. The Labute approximate surface area is 185 Å². The minimum atomic E-state index is -0.932. The van der Waals surface area contributed by atoms with Crippen LogP contribution in [0.15, 0.2) is 78.5 Å². The number of carbonyl (C=O) groups excluding carboxylic acids is 2. The summed E-state index contributed by atoms with van der Waals surface area (Å²) >= 11 is 0. The molecule has 166 valence electrons. The summed E-state index contributed by atoms with van der Waals surface area (Å²) in [6.07, 6.45) is 1.17. The third-order valence-corrected chi connectivity index (χ3v) is 4.32. The molecule has 0 aliphatic heterocycles. The first-order valence-corrected chi connectivity index (χ1v) is 9.32. The summed E-state index contributed by atoms with van der Waals surface area (Å²) < 4.78 is 14.0. The second-order valence-electron chi connectivity index (χ2n) is 6.61. The largest absolute Gasteiger partial charge is 0.320 e. The number of non-ortho nitro benzene ring substituents is 2. The zero-order chi connectivity index (χ0) is 24.0. The maximum Gasteiger partial charge on any atom is 0.272 e. The molecule has 0 aliphatic rings. The number of anilines is 1. The van der Waals surface area contributed by atoms with Gasteiger partial charge in [0.15, 0.2) is 0 Å². The monoisotopic (exact) mass is 450 g/mol. The molecule has 0 saturated carbocycles. The molecule has 0 radical (unpaired) electrons. The molecule has 0 spiro atoms. The predicted molar refractivity (Wildman–Crippen MR) is 117 cm³/mol. The summed E-state index contributed by atoms with van der Waals surface area (Å²) in [5.74, 6) is -2.63. The molecule has 0 aromatic heterocycles. The molecule has 0 atom stereocenters. The molecule has 3 aromatic rings. The van der Waals surface area contributed by atoms with Crippen molar-refractivity contribution in [3.05, 3.63) is 116 Å². The number of nitrogens with zero attached hydrogens (tertiary/aromatic N) is 2. The highest BCUT2D eigenvalue weighted by molar-refractivity contribution is 6.10. The van der Waals surface area contributed by atoms with E-state index in [9.17, 15) is 34.2 Å². The van der Waals surface area contributed by atoms with Gasteiger partial charge in [0.25, 0.3) is 23.2 Å². The van der Waals surface area contributed by atoms with Gasteiger partial charge in [-0.2, -0.15) is 0 Å². The fraction of sp³-hybridized carbons (Fsp3) is 0. The van der Waals surface area contributed by atoms with Crippen molar-refractivity contribution >= 4 is 35.0 Å². The van der Waals surface area contributed by atoms with Crippen molar-refractivity contribution in [1.82, 2.24) is 5.32 Å². The molecule has 2 N–H and O–H groups in total. The van der Waals surface area contributed by atoms with Crippen LogP contribution in [-0.2, 0) is 4.79 Å².